The van der Waals surface area contributed by atoms with E-state index >= 15 is 0 Å². The van der Waals surface area contributed by atoms with Gasteiger partial charge in [-0.3, -0.25) is 0 Å². The average Bonchev–Trinajstić information content (AvgIpc) is 3.35. The number of fused-ring (bicyclic) bond motifs is 2. The third-order valence-electron chi connectivity index (χ3n) is 7.08. The molecule has 3 fully saturated rings. The number of halogens is 5. The fraction of sp³-hybridized carbons (Fsp3) is 0.591. The van der Waals surface area contributed by atoms with Gasteiger partial charge in [0, 0.05) is 45.0 Å². The van der Waals surface area contributed by atoms with Gasteiger partial charge in [0.25, 0.3) is 0 Å². The minimum absolute atomic E-state index is 0.0434. The van der Waals surface area contributed by atoms with Crippen LogP contribution in [0.1, 0.15) is 24.8 Å². The van der Waals surface area contributed by atoms with Crippen LogP contribution in [0.5, 0.6) is 0 Å². The zero-order valence-corrected chi connectivity index (χ0v) is 18.5. The molecule has 4 heterocycles. The lowest BCUT2D eigenvalue weighted by Crippen LogP contribution is -2.51. The van der Waals surface area contributed by atoms with E-state index < -0.39 is 18.2 Å². The van der Waals surface area contributed by atoms with E-state index in [-0.39, 0.29) is 41.9 Å². The minimum atomic E-state index is -4.52. The lowest BCUT2D eigenvalue weighted by molar-refractivity contribution is -0.137. The molecule has 34 heavy (non-hydrogen) atoms. The van der Waals surface area contributed by atoms with Crippen molar-refractivity contribution in [1.29, 1.82) is 0 Å². The highest BCUT2D eigenvalue weighted by Gasteiger charge is 2.41. The fourth-order valence-electron chi connectivity index (χ4n) is 5.27. The van der Waals surface area contributed by atoms with Crippen molar-refractivity contribution in [3.05, 3.63) is 23.8 Å². The number of nitrogens with zero attached hydrogens (tertiary/aromatic N) is 5. The van der Waals surface area contributed by atoms with Gasteiger partial charge in [0.2, 0.25) is 12.4 Å². The molecule has 184 valence electrons. The van der Waals surface area contributed by atoms with Crippen molar-refractivity contribution in [2.75, 3.05) is 43.0 Å². The summed E-state index contributed by atoms with van der Waals surface area (Å²) >= 11 is 0. The number of rotatable bonds is 4. The SMILES string of the molecule is CN1C(=O)N[C@H]2CN(c3nc(N4CCC(CC(F)F)C4)nc4cc(C(F)(F)F)ccc34)CC[C@H]21. The first-order valence-corrected chi connectivity index (χ1v) is 11.3. The van der Waals surface area contributed by atoms with E-state index in [1.807, 2.05) is 4.90 Å². The van der Waals surface area contributed by atoms with Gasteiger partial charge in [-0.15, -0.1) is 0 Å². The maximum absolute atomic E-state index is 13.4. The number of benzene rings is 1. The molecule has 5 rings (SSSR count). The van der Waals surface area contributed by atoms with Crippen LogP contribution in [0.15, 0.2) is 18.2 Å². The topological polar surface area (TPSA) is 64.6 Å². The lowest BCUT2D eigenvalue weighted by Gasteiger charge is -2.37. The number of nitrogens with one attached hydrogen (secondary N) is 1. The summed E-state index contributed by atoms with van der Waals surface area (Å²) in [6, 6.07) is 3.17. The normalized spacial score (nSPS) is 25.4. The number of urea groups is 1. The Balaban J connectivity index is 1.51. The molecule has 0 aliphatic carbocycles. The predicted octanol–water partition coefficient (Wildman–Crippen LogP) is 3.73. The zero-order chi connectivity index (χ0) is 24.2. The standard InChI is InChI=1S/C22H25F5N6O/c1-31-17-5-7-32(11-16(17)29-21(31)34)19-14-3-2-13(22(25,26)27)9-15(14)28-20(30-19)33-6-4-12(10-33)8-18(23)24/h2-3,9,12,16-18H,4-8,10-11H2,1H3,(H,29,34)/t12?,16-,17+/m0/s1. The smallest absolute Gasteiger partial charge is 0.354 e. The van der Waals surface area contributed by atoms with Crippen molar-refractivity contribution in [3.8, 4) is 0 Å². The highest BCUT2D eigenvalue weighted by Crippen LogP contribution is 2.36. The molecule has 0 radical (unpaired) electrons. The van der Waals surface area contributed by atoms with Crippen molar-refractivity contribution >= 4 is 28.7 Å². The number of carbonyl (C=O) groups excluding carboxylic acids is 1. The van der Waals surface area contributed by atoms with Crippen LogP contribution in [-0.4, -0.2) is 72.6 Å². The summed E-state index contributed by atoms with van der Waals surface area (Å²) in [5.41, 5.74) is -0.655. The Hall–Kier alpha value is -2.92. The zero-order valence-electron chi connectivity index (χ0n) is 18.5. The fourth-order valence-corrected chi connectivity index (χ4v) is 5.27. The van der Waals surface area contributed by atoms with Crippen LogP contribution in [0, 0.1) is 5.92 Å². The van der Waals surface area contributed by atoms with Crippen LogP contribution >= 0.6 is 0 Å². The van der Waals surface area contributed by atoms with Gasteiger partial charge >= 0.3 is 12.2 Å². The number of likely N-dealkylation sites (N-methyl/N-ethyl adjacent to an activating group) is 1. The number of anilines is 2. The van der Waals surface area contributed by atoms with E-state index in [9.17, 15) is 26.7 Å². The average molecular weight is 484 g/mol. The molecular formula is C22H25F5N6O. The Morgan fingerprint density at radius 3 is 2.62 bits per heavy atom. The van der Waals surface area contributed by atoms with E-state index in [2.05, 4.69) is 10.3 Å². The number of hydrogen-bond acceptors (Lipinski definition) is 5. The minimum Gasteiger partial charge on any atom is -0.354 e. The number of amides is 2. The van der Waals surface area contributed by atoms with Gasteiger partial charge in [-0.1, -0.05) is 0 Å². The summed E-state index contributed by atoms with van der Waals surface area (Å²) in [6.45, 7) is 1.83. The van der Waals surface area contributed by atoms with Crippen LogP contribution in [0.2, 0.25) is 0 Å². The van der Waals surface area contributed by atoms with Gasteiger partial charge in [-0.25, -0.2) is 18.6 Å². The highest BCUT2D eigenvalue weighted by atomic mass is 19.4. The first-order valence-electron chi connectivity index (χ1n) is 11.3. The quantitative estimate of drug-likeness (QED) is 0.671. The number of alkyl halides is 5. The van der Waals surface area contributed by atoms with Crippen molar-refractivity contribution < 1.29 is 26.7 Å². The van der Waals surface area contributed by atoms with Crippen LogP contribution in [0.4, 0.5) is 38.5 Å². The molecule has 12 heteroatoms. The van der Waals surface area contributed by atoms with Gasteiger partial charge in [0.05, 0.1) is 23.2 Å². The summed E-state index contributed by atoms with van der Waals surface area (Å²) in [6.07, 6.45) is -5.92. The van der Waals surface area contributed by atoms with Gasteiger partial charge in [-0.05, 0) is 37.0 Å². The second-order valence-corrected chi connectivity index (χ2v) is 9.27. The van der Waals surface area contributed by atoms with Gasteiger partial charge in [0.15, 0.2) is 0 Å². The summed E-state index contributed by atoms with van der Waals surface area (Å²) < 4.78 is 65.9. The molecule has 0 bridgehead atoms. The third-order valence-corrected chi connectivity index (χ3v) is 7.08. The molecule has 3 saturated heterocycles. The van der Waals surface area contributed by atoms with E-state index in [0.29, 0.717) is 50.2 Å². The van der Waals surface area contributed by atoms with Gasteiger partial charge in [-0.2, -0.15) is 18.2 Å². The summed E-state index contributed by atoms with van der Waals surface area (Å²) in [7, 11) is 1.75. The van der Waals surface area contributed by atoms with E-state index in [4.69, 9.17) is 4.98 Å². The molecule has 2 aromatic rings. The van der Waals surface area contributed by atoms with Crippen molar-refractivity contribution in [1.82, 2.24) is 20.2 Å². The molecule has 1 aromatic carbocycles. The van der Waals surface area contributed by atoms with Crippen molar-refractivity contribution in [2.45, 2.75) is 43.9 Å². The second-order valence-electron chi connectivity index (χ2n) is 9.27. The molecular weight excluding hydrogens is 459 g/mol. The molecule has 3 atom stereocenters. The number of aromatic nitrogens is 2. The van der Waals surface area contributed by atoms with E-state index in [1.165, 1.54) is 6.07 Å². The Bertz CT molecular complexity index is 1100. The third kappa shape index (κ3) is 4.18. The van der Waals surface area contributed by atoms with Gasteiger partial charge in [0.1, 0.15) is 5.82 Å². The van der Waals surface area contributed by atoms with Crippen molar-refractivity contribution in [3.63, 3.8) is 0 Å². The Kier molecular flexibility index (Phi) is 5.64. The van der Waals surface area contributed by atoms with Crippen molar-refractivity contribution in [2.24, 2.45) is 5.92 Å². The monoisotopic (exact) mass is 484 g/mol. The Labute approximate surface area is 192 Å². The molecule has 1 aromatic heterocycles. The van der Waals surface area contributed by atoms with Crippen LogP contribution < -0.4 is 15.1 Å². The summed E-state index contributed by atoms with van der Waals surface area (Å²) in [5, 5.41) is 3.43. The van der Waals surface area contributed by atoms with E-state index in [0.717, 1.165) is 12.1 Å². The molecule has 3 aliphatic rings. The van der Waals surface area contributed by atoms with Crippen LogP contribution in [0.25, 0.3) is 10.9 Å². The Morgan fingerprint density at radius 1 is 1.12 bits per heavy atom. The summed E-state index contributed by atoms with van der Waals surface area (Å²) in [4.78, 5) is 26.6. The summed E-state index contributed by atoms with van der Waals surface area (Å²) in [5.74, 6) is 0.519. The molecule has 2 amide bonds. The van der Waals surface area contributed by atoms with Gasteiger partial charge < -0.3 is 20.0 Å². The maximum Gasteiger partial charge on any atom is 0.416 e. The number of hydrogen-bond donors (Lipinski definition) is 1. The molecule has 7 nitrogen and oxygen atoms in total. The molecule has 3 aliphatic heterocycles. The highest BCUT2D eigenvalue weighted by molar-refractivity contribution is 5.91. The number of carbonyl (C=O) groups is 1. The maximum atomic E-state index is 13.4. The number of piperidine rings is 1. The molecule has 1 N–H and O–H groups in total. The second kappa shape index (κ2) is 8.38. The lowest BCUT2D eigenvalue weighted by atomic mass is 10.00. The molecule has 0 spiro atoms. The largest absolute Gasteiger partial charge is 0.416 e. The molecule has 1 unspecified atom stereocenters. The predicted molar refractivity (Wildman–Crippen MR) is 116 cm³/mol. The Morgan fingerprint density at radius 2 is 1.88 bits per heavy atom. The first-order chi connectivity index (χ1) is 16.1. The van der Waals surface area contributed by atoms with E-state index in [1.54, 1.807) is 16.8 Å². The first kappa shape index (κ1) is 22.9. The van der Waals surface area contributed by atoms with Crippen LogP contribution in [-0.2, 0) is 6.18 Å². The van der Waals surface area contributed by atoms with Crippen LogP contribution in [0.3, 0.4) is 0 Å². The molecule has 0 saturated carbocycles.